The van der Waals surface area contributed by atoms with E-state index in [1.54, 1.807) is 0 Å². The van der Waals surface area contributed by atoms with Crippen molar-refractivity contribution in [1.29, 1.82) is 0 Å². The zero-order chi connectivity index (χ0) is 21.3. The predicted molar refractivity (Wildman–Crippen MR) is 115 cm³/mol. The molecule has 0 amide bonds. The molecule has 0 saturated heterocycles. The van der Waals surface area contributed by atoms with Crippen LogP contribution in [0.5, 0.6) is 11.5 Å². The number of rotatable bonds is 6. The van der Waals surface area contributed by atoms with Crippen LogP contribution in [-0.4, -0.2) is 19.5 Å². The molecule has 0 bridgehead atoms. The number of para-hydroxylation sites is 1. The van der Waals surface area contributed by atoms with E-state index in [0.717, 1.165) is 40.1 Å². The first-order chi connectivity index (χ1) is 14.4. The van der Waals surface area contributed by atoms with E-state index in [0.29, 0.717) is 17.9 Å². The molecule has 2 N–H and O–H groups in total. The smallest absolute Gasteiger partial charge is 0.165 e. The quantitative estimate of drug-likeness (QED) is 0.574. The van der Waals surface area contributed by atoms with Crippen molar-refractivity contribution in [1.82, 2.24) is 9.71 Å². The summed E-state index contributed by atoms with van der Waals surface area (Å²) >= 11 is -2.35. The van der Waals surface area contributed by atoms with Crippen molar-refractivity contribution < 1.29 is 18.3 Å². The van der Waals surface area contributed by atoms with Crippen molar-refractivity contribution in [3.05, 3.63) is 70.9 Å². The number of carbonyl (C=O) groups is 1. The van der Waals surface area contributed by atoms with Crippen LogP contribution < -0.4 is 9.46 Å². The Morgan fingerprint density at radius 2 is 1.97 bits per heavy atom. The first-order valence-corrected chi connectivity index (χ1v) is 10.9. The van der Waals surface area contributed by atoms with E-state index in [2.05, 4.69) is 16.6 Å². The number of H-pyrrole nitrogens is 1. The summed E-state index contributed by atoms with van der Waals surface area (Å²) in [7, 11) is 0. The Kier molecular flexibility index (Phi) is 5.85. The Hall–Kier alpha value is -2.74. The fourth-order valence-electron chi connectivity index (χ4n) is 4.06. The van der Waals surface area contributed by atoms with Gasteiger partial charge >= 0.3 is 0 Å². The molecule has 0 radical (unpaired) electrons. The maximum absolute atomic E-state index is 12.7. The van der Waals surface area contributed by atoms with Crippen LogP contribution in [0.25, 0.3) is 11.3 Å². The third kappa shape index (κ3) is 4.23. The molecular formula is C23H23N2O4S-. The molecule has 0 fully saturated rings. The van der Waals surface area contributed by atoms with Crippen molar-refractivity contribution >= 4 is 17.0 Å². The number of aromatic amines is 1. The maximum Gasteiger partial charge on any atom is 0.165 e. The topological polar surface area (TPSA) is 94.2 Å². The largest absolute Gasteiger partial charge is 0.760 e. The average molecular weight is 424 g/mol. The van der Waals surface area contributed by atoms with Gasteiger partial charge in [0.1, 0.15) is 11.5 Å². The highest BCUT2D eigenvalue weighted by Crippen LogP contribution is 2.40. The van der Waals surface area contributed by atoms with Crippen molar-refractivity contribution in [3.8, 4) is 22.8 Å². The molecular weight excluding hydrogens is 400 g/mol. The summed E-state index contributed by atoms with van der Waals surface area (Å²) in [6, 6.07) is 15.1. The van der Waals surface area contributed by atoms with E-state index in [4.69, 9.17) is 4.74 Å². The van der Waals surface area contributed by atoms with Gasteiger partial charge in [-0.15, -0.1) is 0 Å². The molecule has 0 saturated carbocycles. The zero-order valence-electron chi connectivity index (χ0n) is 16.9. The molecule has 1 heterocycles. The van der Waals surface area contributed by atoms with Gasteiger partial charge in [-0.3, -0.25) is 9.00 Å². The van der Waals surface area contributed by atoms with E-state index in [1.807, 2.05) is 55.5 Å². The van der Waals surface area contributed by atoms with Crippen LogP contribution in [0.15, 0.2) is 48.5 Å². The number of benzene rings is 2. The normalized spacial score (nSPS) is 16.9. The Bertz CT molecular complexity index is 1110. The van der Waals surface area contributed by atoms with Crippen LogP contribution in [0.3, 0.4) is 0 Å². The highest BCUT2D eigenvalue weighted by Gasteiger charge is 2.29. The molecule has 1 aliphatic carbocycles. The number of hydrogen-bond acceptors (Lipinski definition) is 4. The van der Waals surface area contributed by atoms with E-state index < -0.39 is 11.3 Å². The predicted octanol–water partition coefficient (Wildman–Crippen LogP) is 4.43. The van der Waals surface area contributed by atoms with Crippen LogP contribution in [0.1, 0.15) is 40.5 Å². The monoisotopic (exact) mass is 423 g/mol. The first kappa shape index (κ1) is 20.5. The van der Waals surface area contributed by atoms with Gasteiger partial charge in [0.2, 0.25) is 0 Å². The molecule has 1 aliphatic rings. The summed E-state index contributed by atoms with van der Waals surface area (Å²) in [4.78, 5) is 16.0. The molecule has 1 aromatic heterocycles. The third-order valence-electron chi connectivity index (χ3n) is 5.33. The number of carbonyl (C=O) groups excluding carboxylic acids is 1. The second-order valence-corrected chi connectivity index (χ2v) is 8.47. The van der Waals surface area contributed by atoms with Crippen molar-refractivity contribution in [2.45, 2.75) is 33.2 Å². The van der Waals surface area contributed by atoms with E-state index in [1.165, 1.54) is 0 Å². The summed E-state index contributed by atoms with van der Waals surface area (Å²) in [5, 5.41) is 0. The van der Waals surface area contributed by atoms with Gasteiger partial charge in [0.15, 0.2) is 5.78 Å². The number of ketones is 1. The fourth-order valence-corrected chi connectivity index (χ4v) is 4.34. The van der Waals surface area contributed by atoms with E-state index >= 15 is 0 Å². The summed E-state index contributed by atoms with van der Waals surface area (Å²) in [6.07, 6.45) is 1.36. The van der Waals surface area contributed by atoms with Crippen LogP contribution in [0, 0.1) is 12.8 Å². The Balaban J connectivity index is 1.82. The highest BCUT2D eigenvalue weighted by atomic mass is 32.2. The number of aromatic nitrogens is 1. The SMILES string of the molecule is Cc1[nH]c(-c2cc(CNS(=O)[O-])ccc2Oc2ccccc2)c2c1C(=O)CC(C)C2. The van der Waals surface area contributed by atoms with Crippen LogP contribution in [0.2, 0.25) is 0 Å². The van der Waals surface area contributed by atoms with Gasteiger partial charge in [0, 0.05) is 41.1 Å². The summed E-state index contributed by atoms with van der Waals surface area (Å²) in [5.41, 5.74) is 5.10. The number of hydrogen-bond donors (Lipinski definition) is 2. The second kappa shape index (κ2) is 8.55. The number of nitrogens with one attached hydrogen (secondary N) is 2. The van der Waals surface area contributed by atoms with Crippen molar-refractivity contribution in [2.75, 3.05) is 0 Å². The summed E-state index contributed by atoms with van der Waals surface area (Å²) < 4.78 is 30.4. The van der Waals surface area contributed by atoms with Crippen LogP contribution in [0.4, 0.5) is 0 Å². The van der Waals surface area contributed by atoms with Gasteiger partial charge in [0.05, 0.1) is 5.69 Å². The van der Waals surface area contributed by atoms with Crippen LogP contribution >= 0.6 is 0 Å². The number of Topliss-reactive ketones (excluding diaryl/α,β-unsaturated/α-hetero) is 1. The second-order valence-electron chi connectivity index (χ2n) is 7.72. The third-order valence-corrected chi connectivity index (χ3v) is 5.71. The lowest BCUT2D eigenvalue weighted by molar-refractivity contribution is 0.0953. The summed E-state index contributed by atoms with van der Waals surface area (Å²) in [6.45, 7) is 4.17. The number of fused-ring (bicyclic) bond motifs is 1. The lowest BCUT2D eigenvalue weighted by Crippen LogP contribution is -2.17. The van der Waals surface area contributed by atoms with Gasteiger partial charge in [-0.05, 0) is 54.7 Å². The highest BCUT2D eigenvalue weighted by molar-refractivity contribution is 7.77. The molecule has 7 heteroatoms. The molecule has 0 spiro atoms. The summed E-state index contributed by atoms with van der Waals surface area (Å²) in [5.74, 6) is 1.77. The first-order valence-electron chi connectivity index (χ1n) is 9.86. The minimum absolute atomic E-state index is 0.161. The number of aryl methyl sites for hydroxylation is 1. The van der Waals surface area contributed by atoms with Crippen molar-refractivity contribution in [3.63, 3.8) is 0 Å². The lowest BCUT2D eigenvalue weighted by Gasteiger charge is -2.20. The molecule has 4 rings (SSSR count). The van der Waals surface area contributed by atoms with E-state index in [-0.39, 0.29) is 18.2 Å². The minimum atomic E-state index is -2.35. The van der Waals surface area contributed by atoms with Gasteiger partial charge in [-0.25, -0.2) is 4.72 Å². The molecule has 3 aromatic rings. The molecule has 0 aliphatic heterocycles. The number of ether oxygens (including phenoxy) is 1. The molecule has 2 aromatic carbocycles. The standard InChI is InChI=1S/C23H24N2O4S/c1-14-10-19-22(20(26)11-14)15(2)25-23(19)18-12-16(13-24-30(27)28)8-9-21(18)29-17-6-4-3-5-7-17/h3-9,12,14,24-25H,10-11,13H2,1-2H3,(H,27,28)/p-1. The molecule has 30 heavy (non-hydrogen) atoms. The Morgan fingerprint density at radius 3 is 2.70 bits per heavy atom. The van der Waals surface area contributed by atoms with Gasteiger partial charge in [0.25, 0.3) is 0 Å². The van der Waals surface area contributed by atoms with Gasteiger partial charge in [-0.1, -0.05) is 31.2 Å². The lowest BCUT2D eigenvalue weighted by atomic mass is 9.83. The Labute approximate surface area is 178 Å². The van der Waals surface area contributed by atoms with Crippen LogP contribution in [-0.2, 0) is 24.2 Å². The van der Waals surface area contributed by atoms with Gasteiger partial charge < -0.3 is 14.3 Å². The molecule has 156 valence electrons. The Morgan fingerprint density at radius 1 is 1.20 bits per heavy atom. The fraction of sp³-hybridized carbons (Fsp3) is 0.261. The minimum Gasteiger partial charge on any atom is -0.760 e. The van der Waals surface area contributed by atoms with Crippen molar-refractivity contribution in [2.24, 2.45) is 5.92 Å². The molecule has 2 unspecified atom stereocenters. The van der Waals surface area contributed by atoms with Gasteiger partial charge in [-0.2, -0.15) is 0 Å². The average Bonchev–Trinajstić information content (AvgIpc) is 3.04. The molecule has 2 atom stereocenters. The molecule has 6 nitrogen and oxygen atoms in total. The maximum atomic E-state index is 12.7. The zero-order valence-corrected chi connectivity index (χ0v) is 17.7. The van der Waals surface area contributed by atoms with E-state index in [9.17, 15) is 13.6 Å².